The first-order chi connectivity index (χ1) is 20.2. The van der Waals surface area contributed by atoms with Crippen LogP contribution in [0.1, 0.15) is 26.3 Å². The summed E-state index contributed by atoms with van der Waals surface area (Å²) in [6.07, 6.45) is 0.469. The molecule has 0 aliphatic rings. The molecule has 4 rings (SSSR count). The Morgan fingerprint density at radius 3 is 2.38 bits per heavy atom. The molecule has 220 valence electrons. The molecule has 0 unspecified atom stereocenters. The van der Waals surface area contributed by atoms with Gasteiger partial charge >= 0.3 is 6.09 Å². The molecule has 11 heteroatoms. The largest absolute Gasteiger partial charge is 0.487 e. The predicted octanol–water partition coefficient (Wildman–Crippen LogP) is 7.05. The van der Waals surface area contributed by atoms with Gasteiger partial charge in [-0.2, -0.15) is 4.98 Å². The Balaban J connectivity index is 1.48. The van der Waals surface area contributed by atoms with Crippen molar-refractivity contribution < 1.29 is 28.1 Å². The molecule has 0 atom stereocenters. The van der Waals surface area contributed by atoms with Gasteiger partial charge in [0.2, 0.25) is 5.95 Å². The molecule has 0 saturated heterocycles. The SMILES string of the molecule is COCCOc1ccc(Nc2ncc(F)c(Nc3cccc(NC(=O)OC(C)(C)C)c3)n2)cc1OCc1ccccc1. The zero-order chi connectivity index (χ0) is 30.0. The maximum Gasteiger partial charge on any atom is 0.412 e. The molecule has 0 radical (unpaired) electrons. The van der Waals surface area contributed by atoms with Gasteiger partial charge in [-0.05, 0) is 56.7 Å². The smallest absolute Gasteiger partial charge is 0.412 e. The van der Waals surface area contributed by atoms with Crippen molar-refractivity contribution in [2.75, 3.05) is 36.3 Å². The average molecular weight is 576 g/mol. The van der Waals surface area contributed by atoms with Gasteiger partial charge in [-0.25, -0.2) is 14.2 Å². The zero-order valence-electron chi connectivity index (χ0n) is 23.9. The molecule has 0 aliphatic carbocycles. The molecule has 0 fully saturated rings. The van der Waals surface area contributed by atoms with Gasteiger partial charge in [-0.1, -0.05) is 36.4 Å². The van der Waals surface area contributed by atoms with E-state index in [4.69, 9.17) is 18.9 Å². The summed E-state index contributed by atoms with van der Waals surface area (Å²) in [6.45, 7) is 6.45. The number of carbonyl (C=O) groups excluding carboxylic acids is 1. The van der Waals surface area contributed by atoms with Gasteiger partial charge < -0.3 is 29.6 Å². The molecule has 1 heterocycles. The lowest BCUT2D eigenvalue weighted by molar-refractivity contribution is 0.0636. The van der Waals surface area contributed by atoms with Gasteiger partial charge in [0, 0.05) is 30.2 Å². The van der Waals surface area contributed by atoms with E-state index < -0.39 is 17.5 Å². The number of halogens is 1. The number of ether oxygens (including phenoxy) is 4. The second-order valence-electron chi connectivity index (χ2n) is 10.1. The monoisotopic (exact) mass is 575 g/mol. The highest BCUT2D eigenvalue weighted by atomic mass is 19.1. The molecule has 0 aliphatic heterocycles. The van der Waals surface area contributed by atoms with Crippen molar-refractivity contribution in [1.82, 2.24) is 9.97 Å². The summed E-state index contributed by atoms with van der Waals surface area (Å²) in [4.78, 5) is 20.5. The molecule has 4 aromatic rings. The molecular weight excluding hydrogens is 541 g/mol. The van der Waals surface area contributed by atoms with Crippen molar-refractivity contribution in [3.05, 3.63) is 90.4 Å². The van der Waals surface area contributed by atoms with Crippen molar-refractivity contribution in [3.63, 3.8) is 0 Å². The van der Waals surface area contributed by atoms with E-state index in [2.05, 4.69) is 25.9 Å². The van der Waals surface area contributed by atoms with Crippen LogP contribution in [-0.4, -0.2) is 42.0 Å². The highest BCUT2D eigenvalue weighted by Crippen LogP contribution is 2.32. The fraction of sp³-hybridized carbons (Fsp3) is 0.258. The summed E-state index contributed by atoms with van der Waals surface area (Å²) in [7, 11) is 1.60. The number of carbonyl (C=O) groups is 1. The Morgan fingerprint density at radius 1 is 0.857 bits per heavy atom. The predicted molar refractivity (Wildman–Crippen MR) is 159 cm³/mol. The van der Waals surface area contributed by atoms with E-state index in [9.17, 15) is 9.18 Å². The zero-order valence-corrected chi connectivity index (χ0v) is 23.9. The maximum atomic E-state index is 14.7. The van der Waals surface area contributed by atoms with E-state index in [0.717, 1.165) is 11.8 Å². The highest BCUT2D eigenvalue weighted by Gasteiger charge is 2.17. The van der Waals surface area contributed by atoms with Gasteiger partial charge in [0.1, 0.15) is 18.8 Å². The lowest BCUT2D eigenvalue weighted by atomic mass is 10.2. The number of aromatic nitrogens is 2. The van der Waals surface area contributed by atoms with Crippen LogP contribution < -0.4 is 25.4 Å². The number of nitrogens with one attached hydrogen (secondary N) is 3. The average Bonchev–Trinajstić information content (AvgIpc) is 2.94. The number of methoxy groups -OCH3 is 1. The van der Waals surface area contributed by atoms with Gasteiger partial charge in [0.15, 0.2) is 23.1 Å². The van der Waals surface area contributed by atoms with E-state index in [1.165, 1.54) is 0 Å². The summed E-state index contributed by atoms with van der Waals surface area (Å²) in [6, 6.07) is 21.8. The van der Waals surface area contributed by atoms with Crippen LogP contribution in [0.3, 0.4) is 0 Å². The topological polar surface area (TPSA) is 116 Å². The standard InChI is InChI=1S/C31H34FN5O5/c1-31(2,3)42-30(38)36-23-12-8-11-22(17-23)34-28-25(32)19-33-29(37-28)35-24-13-14-26(40-16-15-39-4)27(18-24)41-20-21-9-6-5-7-10-21/h5-14,17-19H,15-16,20H2,1-4H3,(H,36,38)(H2,33,34,35,37). The molecule has 0 bridgehead atoms. The Kier molecular flexibility index (Phi) is 10.1. The third kappa shape index (κ3) is 9.34. The van der Waals surface area contributed by atoms with Gasteiger partial charge in [-0.3, -0.25) is 5.32 Å². The summed E-state index contributed by atoms with van der Waals surface area (Å²) in [5.74, 6) is 0.510. The quantitative estimate of drug-likeness (QED) is 0.153. The van der Waals surface area contributed by atoms with Gasteiger partial charge in [0.05, 0.1) is 12.8 Å². The van der Waals surface area contributed by atoms with Crippen LogP contribution >= 0.6 is 0 Å². The van der Waals surface area contributed by atoms with Crippen molar-refractivity contribution in [3.8, 4) is 11.5 Å². The second kappa shape index (κ2) is 14.1. The number of benzene rings is 3. The minimum atomic E-state index is -0.653. The molecule has 1 aromatic heterocycles. The fourth-order valence-corrected chi connectivity index (χ4v) is 3.67. The molecule has 42 heavy (non-hydrogen) atoms. The fourth-order valence-electron chi connectivity index (χ4n) is 3.67. The van der Waals surface area contributed by atoms with Crippen LogP contribution in [0.5, 0.6) is 11.5 Å². The van der Waals surface area contributed by atoms with E-state index in [1.54, 1.807) is 70.3 Å². The summed E-state index contributed by atoms with van der Waals surface area (Å²) >= 11 is 0. The molecular formula is C31H34FN5O5. The Bertz CT molecular complexity index is 1480. The third-order valence-corrected chi connectivity index (χ3v) is 5.50. The van der Waals surface area contributed by atoms with Crippen LogP contribution in [0.4, 0.5) is 38.0 Å². The van der Waals surface area contributed by atoms with E-state index in [0.29, 0.717) is 48.4 Å². The normalized spacial score (nSPS) is 11.0. The molecule has 10 nitrogen and oxygen atoms in total. The first-order valence-electron chi connectivity index (χ1n) is 13.3. The first-order valence-corrected chi connectivity index (χ1v) is 13.3. The minimum absolute atomic E-state index is 0.0537. The molecule has 3 aromatic carbocycles. The summed E-state index contributed by atoms with van der Waals surface area (Å²) in [5, 5.41) is 8.68. The second-order valence-corrected chi connectivity index (χ2v) is 10.1. The molecule has 1 amide bonds. The van der Waals surface area contributed by atoms with Crippen LogP contribution in [0, 0.1) is 5.82 Å². The maximum absolute atomic E-state index is 14.7. The van der Waals surface area contributed by atoms with E-state index >= 15 is 0 Å². The molecule has 0 spiro atoms. The number of hydrogen-bond donors (Lipinski definition) is 3. The minimum Gasteiger partial charge on any atom is -0.487 e. The number of nitrogens with zero attached hydrogens (tertiary/aromatic N) is 2. The van der Waals surface area contributed by atoms with Crippen molar-refractivity contribution in [2.45, 2.75) is 33.0 Å². The number of amides is 1. The number of rotatable bonds is 12. The Hall–Kier alpha value is -4.90. The van der Waals surface area contributed by atoms with Crippen LogP contribution in [-0.2, 0) is 16.1 Å². The van der Waals surface area contributed by atoms with Crippen LogP contribution in [0.2, 0.25) is 0 Å². The van der Waals surface area contributed by atoms with Crippen LogP contribution in [0.15, 0.2) is 79.0 Å². The lowest BCUT2D eigenvalue weighted by Gasteiger charge is -2.19. The highest BCUT2D eigenvalue weighted by molar-refractivity contribution is 5.85. The Labute approximate surface area is 244 Å². The van der Waals surface area contributed by atoms with E-state index in [1.807, 2.05) is 30.3 Å². The van der Waals surface area contributed by atoms with Gasteiger partial charge in [-0.15, -0.1) is 0 Å². The molecule has 3 N–H and O–H groups in total. The summed E-state index contributed by atoms with van der Waals surface area (Å²) < 4.78 is 36.9. The van der Waals surface area contributed by atoms with Crippen molar-refractivity contribution >= 4 is 34.9 Å². The van der Waals surface area contributed by atoms with Crippen molar-refractivity contribution in [2.24, 2.45) is 0 Å². The van der Waals surface area contributed by atoms with E-state index in [-0.39, 0.29) is 11.8 Å². The first kappa shape index (κ1) is 30.1. The lowest BCUT2D eigenvalue weighted by Crippen LogP contribution is -2.27. The number of anilines is 5. The third-order valence-electron chi connectivity index (χ3n) is 5.50. The number of hydrogen-bond acceptors (Lipinski definition) is 9. The Morgan fingerprint density at radius 2 is 1.62 bits per heavy atom. The summed E-state index contributed by atoms with van der Waals surface area (Å²) in [5.41, 5.74) is 1.94. The van der Waals surface area contributed by atoms with Crippen molar-refractivity contribution in [1.29, 1.82) is 0 Å². The van der Waals surface area contributed by atoms with Gasteiger partial charge in [0.25, 0.3) is 0 Å². The molecule has 0 saturated carbocycles. The van der Waals surface area contributed by atoms with Crippen LogP contribution in [0.25, 0.3) is 0 Å².